The van der Waals surface area contributed by atoms with Crippen LogP contribution in [-0.4, -0.2) is 6.54 Å². The van der Waals surface area contributed by atoms with Crippen LogP contribution in [0.5, 0.6) is 5.75 Å². The summed E-state index contributed by atoms with van der Waals surface area (Å²) in [6.45, 7) is 2.07. The first-order valence-electron chi connectivity index (χ1n) is 8.11. The highest BCUT2D eigenvalue weighted by Crippen LogP contribution is 2.16. The molecule has 0 bridgehead atoms. The topological polar surface area (TPSA) is 68.8 Å². The molecule has 0 spiro atoms. The molecule has 0 aliphatic heterocycles. The molecule has 2 aromatic carbocycles. The number of rotatable bonds is 9. The first-order chi connectivity index (χ1) is 11.8. The predicted molar refractivity (Wildman–Crippen MR) is 93.1 cm³/mol. The van der Waals surface area contributed by atoms with Gasteiger partial charge in [-0.2, -0.15) is 10.5 Å². The van der Waals surface area contributed by atoms with E-state index in [0.717, 1.165) is 42.8 Å². The summed E-state index contributed by atoms with van der Waals surface area (Å²) in [5, 5.41) is 21.0. The van der Waals surface area contributed by atoms with Crippen LogP contribution in [0, 0.1) is 22.7 Å². The molecule has 0 amide bonds. The van der Waals surface area contributed by atoms with E-state index in [-0.39, 0.29) is 0 Å². The van der Waals surface area contributed by atoms with Gasteiger partial charge in [0.05, 0.1) is 17.7 Å². The molecule has 0 aromatic heterocycles. The zero-order valence-corrected chi connectivity index (χ0v) is 13.7. The second-order valence-corrected chi connectivity index (χ2v) is 5.50. The number of nitrogens with zero attached hydrogens (tertiary/aromatic N) is 2. The summed E-state index contributed by atoms with van der Waals surface area (Å²) in [4.78, 5) is 0. The molecular formula is C20H21N3O. The van der Waals surface area contributed by atoms with Crippen LogP contribution in [0.1, 0.15) is 36.0 Å². The van der Waals surface area contributed by atoms with Gasteiger partial charge in [-0.3, -0.25) is 0 Å². The van der Waals surface area contributed by atoms with Crippen LogP contribution < -0.4 is 10.1 Å². The van der Waals surface area contributed by atoms with Crippen molar-refractivity contribution in [3.63, 3.8) is 0 Å². The lowest BCUT2D eigenvalue weighted by Gasteiger charge is -2.10. The normalized spacial score (nSPS) is 9.92. The number of nitrogens with one attached hydrogen (secondary N) is 1. The fraction of sp³-hybridized carbons (Fsp3) is 0.300. The van der Waals surface area contributed by atoms with Crippen LogP contribution in [0.4, 0.5) is 0 Å². The molecule has 0 unspecified atom stereocenters. The van der Waals surface area contributed by atoms with Crippen LogP contribution in [0.15, 0.2) is 48.5 Å². The molecule has 122 valence electrons. The first-order valence-corrected chi connectivity index (χ1v) is 8.11. The van der Waals surface area contributed by atoms with Gasteiger partial charge < -0.3 is 10.1 Å². The average molecular weight is 319 g/mol. The van der Waals surface area contributed by atoms with Crippen molar-refractivity contribution in [1.82, 2.24) is 5.32 Å². The highest BCUT2D eigenvalue weighted by Gasteiger charge is 2.02. The van der Waals surface area contributed by atoms with Gasteiger partial charge in [-0.15, -0.1) is 0 Å². The van der Waals surface area contributed by atoms with Gasteiger partial charge in [0.1, 0.15) is 12.4 Å². The van der Waals surface area contributed by atoms with Crippen molar-refractivity contribution in [1.29, 1.82) is 10.5 Å². The fourth-order valence-corrected chi connectivity index (χ4v) is 2.35. The maximum Gasteiger partial charge on any atom is 0.120 e. The van der Waals surface area contributed by atoms with Crippen molar-refractivity contribution in [3.05, 3.63) is 65.2 Å². The highest BCUT2D eigenvalue weighted by molar-refractivity contribution is 5.37. The van der Waals surface area contributed by atoms with Gasteiger partial charge in [-0.25, -0.2) is 0 Å². The number of unbranched alkanes of at least 4 members (excludes halogenated alkanes) is 2. The number of benzene rings is 2. The third kappa shape index (κ3) is 5.76. The quantitative estimate of drug-likeness (QED) is 0.711. The Kier molecular flexibility index (Phi) is 7.34. The summed E-state index contributed by atoms with van der Waals surface area (Å²) in [6, 6.07) is 19.8. The molecule has 0 saturated heterocycles. The minimum Gasteiger partial charge on any atom is -0.489 e. The predicted octanol–water partition coefficient (Wildman–Crippen LogP) is 3.92. The van der Waals surface area contributed by atoms with E-state index in [1.165, 1.54) is 0 Å². The molecule has 0 saturated carbocycles. The van der Waals surface area contributed by atoms with Crippen LogP contribution in [0.25, 0.3) is 0 Å². The summed E-state index contributed by atoms with van der Waals surface area (Å²) in [5.74, 6) is 0.798. The third-order valence-corrected chi connectivity index (χ3v) is 3.65. The monoisotopic (exact) mass is 319 g/mol. The van der Waals surface area contributed by atoms with Crippen molar-refractivity contribution in [2.75, 3.05) is 6.54 Å². The number of hydrogen-bond acceptors (Lipinski definition) is 4. The molecule has 2 rings (SSSR count). The number of hydrogen-bond donors (Lipinski definition) is 1. The van der Waals surface area contributed by atoms with Crippen molar-refractivity contribution in [2.45, 2.75) is 32.4 Å². The molecule has 24 heavy (non-hydrogen) atoms. The summed E-state index contributed by atoms with van der Waals surface area (Å²) in [5.41, 5.74) is 2.69. The van der Waals surface area contributed by atoms with Gasteiger partial charge in [0, 0.05) is 18.5 Å². The van der Waals surface area contributed by atoms with Gasteiger partial charge in [0.15, 0.2) is 0 Å². The Bertz CT molecular complexity index is 728. The van der Waals surface area contributed by atoms with E-state index in [0.29, 0.717) is 18.6 Å². The van der Waals surface area contributed by atoms with Gasteiger partial charge in [-0.1, -0.05) is 30.3 Å². The van der Waals surface area contributed by atoms with Crippen molar-refractivity contribution < 1.29 is 4.74 Å². The lowest BCUT2D eigenvalue weighted by molar-refractivity contribution is 0.305. The lowest BCUT2D eigenvalue weighted by atomic mass is 10.1. The average Bonchev–Trinajstić information content (AvgIpc) is 2.63. The summed E-state index contributed by atoms with van der Waals surface area (Å²) in [7, 11) is 0. The Morgan fingerprint density at radius 3 is 2.71 bits per heavy atom. The van der Waals surface area contributed by atoms with Crippen LogP contribution in [-0.2, 0) is 13.2 Å². The van der Waals surface area contributed by atoms with Crippen LogP contribution in [0.2, 0.25) is 0 Å². The Hall–Kier alpha value is -2.82. The van der Waals surface area contributed by atoms with Crippen molar-refractivity contribution in [3.8, 4) is 17.9 Å². The van der Waals surface area contributed by atoms with E-state index in [2.05, 4.69) is 23.5 Å². The zero-order valence-electron chi connectivity index (χ0n) is 13.7. The van der Waals surface area contributed by atoms with E-state index in [1.807, 2.05) is 36.4 Å². The fourth-order valence-electron chi connectivity index (χ4n) is 2.35. The highest BCUT2D eigenvalue weighted by atomic mass is 16.5. The summed E-state index contributed by atoms with van der Waals surface area (Å²) < 4.78 is 5.82. The Balaban J connectivity index is 1.82. The van der Waals surface area contributed by atoms with Gasteiger partial charge in [-0.05, 0) is 43.1 Å². The van der Waals surface area contributed by atoms with E-state index in [4.69, 9.17) is 15.3 Å². The van der Waals surface area contributed by atoms with E-state index in [9.17, 15) is 0 Å². The summed E-state index contributed by atoms with van der Waals surface area (Å²) >= 11 is 0. The van der Waals surface area contributed by atoms with E-state index in [1.54, 1.807) is 6.07 Å². The molecule has 0 aliphatic carbocycles. The minimum absolute atomic E-state index is 0.384. The van der Waals surface area contributed by atoms with E-state index < -0.39 is 0 Å². The molecule has 0 heterocycles. The standard InChI is InChI=1S/C20H21N3O/c21-11-4-1-5-12-23-15-17-7-6-10-20(13-17)24-16-19-9-3-2-8-18(19)14-22/h2-3,6-10,13,23H,1,4-5,12,15-16H2. The zero-order chi connectivity index (χ0) is 17.0. The van der Waals surface area contributed by atoms with Crippen LogP contribution >= 0.6 is 0 Å². The smallest absolute Gasteiger partial charge is 0.120 e. The van der Waals surface area contributed by atoms with Gasteiger partial charge >= 0.3 is 0 Å². The molecule has 2 aromatic rings. The van der Waals surface area contributed by atoms with Gasteiger partial charge in [0.2, 0.25) is 0 Å². The molecule has 4 nitrogen and oxygen atoms in total. The third-order valence-electron chi connectivity index (χ3n) is 3.65. The van der Waals surface area contributed by atoms with Crippen LogP contribution in [0.3, 0.4) is 0 Å². The second kappa shape index (κ2) is 10.0. The molecular weight excluding hydrogens is 298 g/mol. The largest absolute Gasteiger partial charge is 0.489 e. The first kappa shape index (κ1) is 17.5. The number of nitriles is 2. The molecule has 1 N–H and O–H groups in total. The SMILES string of the molecule is N#CCCCCNCc1cccc(OCc2ccccc2C#N)c1. The van der Waals surface area contributed by atoms with Gasteiger partial charge in [0.25, 0.3) is 0 Å². The van der Waals surface area contributed by atoms with Crippen molar-refractivity contribution in [2.24, 2.45) is 0 Å². The Morgan fingerprint density at radius 2 is 1.88 bits per heavy atom. The Labute approximate surface area is 143 Å². The molecule has 0 atom stereocenters. The molecule has 0 fully saturated rings. The molecule has 0 aliphatic rings. The lowest BCUT2D eigenvalue weighted by Crippen LogP contribution is -2.14. The molecule has 0 radical (unpaired) electrons. The number of ether oxygens (including phenoxy) is 1. The minimum atomic E-state index is 0.384. The Morgan fingerprint density at radius 1 is 1.00 bits per heavy atom. The second-order valence-electron chi connectivity index (χ2n) is 5.50. The summed E-state index contributed by atoms with van der Waals surface area (Å²) in [6.07, 6.45) is 2.56. The molecule has 4 heteroatoms. The van der Waals surface area contributed by atoms with Crippen molar-refractivity contribution >= 4 is 0 Å². The van der Waals surface area contributed by atoms with E-state index >= 15 is 0 Å². The maximum absolute atomic E-state index is 9.10. The maximum atomic E-state index is 9.10.